The third kappa shape index (κ3) is 1.59. The Morgan fingerprint density at radius 3 is 2.92 bits per heavy atom. The van der Waals surface area contributed by atoms with Crippen molar-refractivity contribution < 1.29 is 5.11 Å². The van der Waals surface area contributed by atoms with Crippen molar-refractivity contribution in [3.8, 4) is 0 Å². The van der Waals surface area contributed by atoms with Crippen LogP contribution < -0.4 is 5.32 Å². The zero-order valence-corrected chi connectivity index (χ0v) is 6.83. The van der Waals surface area contributed by atoms with Crippen LogP contribution >= 0.6 is 0 Å². The summed E-state index contributed by atoms with van der Waals surface area (Å²) in [5.74, 6) is 0. The second-order valence-corrected chi connectivity index (χ2v) is 3.26. The summed E-state index contributed by atoms with van der Waals surface area (Å²) in [6.07, 6.45) is 1.65. The van der Waals surface area contributed by atoms with Gasteiger partial charge in [0.1, 0.15) is 0 Å². The molecular weight excluding hydrogens is 150 g/mol. The molecule has 1 aliphatic rings. The first-order valence-electron chi connectivity index (χ1n) is 4.25. The molecule has 12 heavy (non-hydrogen) atoms. The van der Waals surface area contributed by atoms with E-state index < -0.39 is 0 Å². The van der Waals surface area contributed by atoms with Crippen LogP contribution in [0.5, 0.6) is 0 Å². The molecule has 2 N–H and O–H groups in total. The van der Waals surface area contributed by atoms with Gasteiger partial charge in [-0.15, -0.1) is 0 Å². The van der Waals surface area contributed by atoms with Crippen molar-refractivity contribution in [3.05, 3.63) is 30.3 Å². The number of hydrogen-bond acceptors (Lipinski definition) is 2. The zero-order valence-electron chi connectivity index (χ0n) is 6.83. The van der Waals surface area contributed by atoms with E-state index in [0.717, 1.165) is 18.5 Å². The standard InChI is InChI=1S/C10H12NO/c12-10-6-9(7-10)11-8-4-2-1-3-5-8/h1-2,4-5,9-12H,6-7H2. The monoisotopic (exact) mass is 162 g/mol. The van der Waals surface area contributed by atoms with Crippen molar-refractivity contribution in [2.75, 3.05) is 5.32 Å². The lowest BCUT2D eigenvalue weighted by Gasteiger charge is -2.32. The SMILES string of the molecule is OC1CC(Nc2c[c]ccc2)C1. The van der Waals surface area contributed by atoms with Gasteiger partial charge in [0.05, 0.1) is 6.10 Å². The van der Waals surface area contributed by atoms with Crippen LogP contribution in [0.2, 0.25) is 0 Å². The molecule has 0 amide bonds. The fourth-order valence-electron chi connectivity index (χ4n) is 1.42. The number of aliphatic hydroxyl groups excluding tert-OH is 1. The van der Waals surface area contributed by atoms with Gasteiger partial charge in [-0.2, -0.15) is 0 Å². The van der Waals surface area contributed by atoms with Crippen molar-refractivity contribution in [2.45, 2.75) is 25.0 Å². The molecule has 0 saturated heterocycles. The lowest BCUT2D eigenvalue weighted by atomic mass is 9.89. The van der Waals surface area contributed by atoms with E-state index in [1.165, 1.54) is 0 Å². The third-order valence-corrected chi connectivity index (χ3v) is 2.19. The summed E-state index contributed by atoms with van der Waals surface area (Å²) in [6.45, 7) is 0. The van der Waals surface area contributed by atoms with Crippen LogP contribution in [0.4, 0.5) is 5.69 Å². The van der Waals surface area contributed by atoms with Crippen molar-refractivity contribution in [2.24, 2.45) is 0 Å². The van der Waals surface area contributed by atoms with Gasteiger partial charge in [0.2, 0.25) is 0 Å². The highest BCUT2D eigenvalue weighted by atomic mass is 16.3. The lowest BCUT2D eigenvalue weighted by molar-refractivity contribution is 0.0836. The van der Waals surface area contributed by atoms with Crippen LogP contribution in [0.15, 0.2) is 24.3 Å². The summed E-state index contributed by atoms with van der Waals surface area (Å²) in [4.78, 5) is 0. The molecule has 2 heteroatoms. The number of hydrogen-bond donors (Lipinski definition) is 2. The van der Waals surface area contributed by atoms with Gasteiger partial charge in [0.15, 0.2) is 0 Å². The Bertz CT molecular complexity index is 241. The average Bonchev–Trinajstić information content (AvgIpc) is 2.04. The smallest absolute Gasteiger partial charge is 0.0579 e. The quantitative estimate of drug-likeness (QED) is 0.689. The fraction of sp³-hybridized carbons (Fsp3) is 0.400. The maximum absolute atomic E-state index is 9.05. The molecule has 0 spiro atoms. The first-order valence-corrected chi connectivity index (χ1v) is 4.25. The van der Waals surface area contributed by atoms with Gasteiger partial charge in [-0.25, -0.2) is 0 Å². The maximum atomic E-state index is 9.05. The van der Waals surface area contributed by atoms with Crippen LogP contribution in [0, 0.1) is 6.07 Å². The molecule has 1 aromatic rings. The third-order valence-electron chi connectivity index (χ3n) is 2.19. The molecule has 1 aliphatic carbocycles. The topological polar surface area (TPSA) is 32.3 Å². The van der Waals surface area contributed by atoms with Crippen molar-refractivity contribution in [1.29, 1.82) is 0 Å². The Labute approximate surface area is 72.2 Å². The van der Waals surface area contributed by atoms with Gasteiger partial charge >= 0.3 is 0 Å². The van der Waals surface area contributed by atoms with Crippen molar-refractivity contribution in [1.82, 2.24) is 0 Å². The number of nitrogens with one attached hydrogen (secondary N) is 1. The van der Waals surface area contributed by atoms with Gasteiger partial charge in [-0.05, 0) is 31.0 Å². The summed E-state index contributed by atoms with van der Waals surface area (Å²) in [7, 11) is 0. The van der Waals surface area contributed by atoms with Gasteiger partial charge in [-0.1, -0.05) is 12.1 Å². The molecule has 1 radical (unpaired) electrons. The summed E-state index contributed by atoms with van der Waals surface area (Å²) in [6, 6.07) is 11.2. The predicted molar refractivity (Wildman–Crippen MR) is 47.9 cm³/mol. The molecule has 0 unspecified atom stereocenters. The molecule has 2 rings (SSSR count). The largest absolute Gasteiger partial charge is 0.393 e. The predicted octanol–water partition coefficient (Wildman–Crippen LogP) is 1.42. The molecule has 1 aromatic carbocycles. The highest BCUT2D eigenvalue weighted by molar-refractivity contribution is 5.43. The molecule has 1 fully saturated rings. The van der Waals surface area contributed by atoms with Crippen molar-refractivity contribution >= 4 is 5.69 Å². The summed E-state index contributed by atoms with van der Waals surface area (Å²) < 4.78 is 0. The van der Waals surface area contributed by atoms with Crippen LogP contribution in [0.3, 0.4) is 0 Å². The second kappa shape index (κ2) is 3.15. The Kier molecular flexibility index (Phi) is 2.00. The lowest BCUT2D eigenvalue weighted by Crippen LogP contribution is -2.38. The number of benzene rings is 1. The molecule has 0 aliphatic heterocycles. The first kappa shape index (κ1) is 7.62. The van der Waals surface area contributed by atoms with Crippen LogP contribution in [-0.2, 0) is 0 Å². The minimum Gasteiger partial charge on any atom is -0.393 e. The van der Waals surface area contributed by atoms with E-state index in [0.29, 0.717) is 6.04 Å². The molecule has 0 heterocycles. The van der Waals surface area contributed by atoms with E-state index >= 15 is 0 Å². The minimum atomic E-state index is -0.0878. The molecule has 0 atom stereocenters. The second-order valence-electron chi connectivity index (χ2n) is 3.26. The number of rotatable bonds is 2. The first-order chi connectivity index (χ1) is 5.84. The Morgan fingerprint density at radius 2 is 2.33 bits per heavy atom. The van der Waals surface area contributed by atoms with Gasteiger partial charge < -0.3 is 10.4 Å². The highest BCUT2D eigenvalue weighted by Crippen LogP contribution is 2.23. The molecule has 2 nitrogen and oxygen atoms in total. The molecule has 0 aromatic heterocycles. The maximum Gasteiger partial charge on any atom is 0.0579 e. The fourth-order valence-corrected chi connectivity index (χ4v) is 1.42. The van der Waals surface area contributed by atoms with Crippen LogP contribution in [0.1, 0.15) is 12.8 Å². The van der Waals surface area contributed by atoms with Crippen molar-refractivity contribution in [3.63, 3.8) is 0 Å². The van der Waals surface area contributed by atoms with E-state index in [4.69, 9.17) is 5.11 Å². The number of anilines is 1. The minimum absolute atomic E-state index is 0.0878. The van der Waals surface area contributed by atoms with Gasteiger partial charge in [0, 0.05) is 11.7 Å². The Balaban J connectivity index is 1.88. The normalized spacial score (nSPS) is 27.8. The van der Waals surface area contributed by atoms with Gasteiger partial charge in [0.25, 0.3) is 0 Å². The highest BCUT2D eigenvalue weighted by Gasteiger charge is 2.26. The van der Waals surface area contributed by atoms with Crippen LogP contribution in [-0.4, -0.2) is 17.3 Å². The van der Waals surface area contributed by atoms with Crippen LogP contribution in [0.25, 0.3) is 0 Å². The van der Waals surface area contributed by atoms with E-state index in [2.05, 4.69) is 11.4 Å². The van der Waals surface area contributed by atoms with E-state index in [1.54, 1.807) is 0 Å². The summed E-state index contributed by atoms with van der Waals surface area (Å²) >= 11 is 0. The summed E-state index contributed by atoms with van der Waals surface area (Å²) in [5.41, 5.74) is 1.09. The molecule has 63 valence electrons. The molecule has 1 saturated carbocycles. The van der Waals surface area contributed by atoms with E-state index in [9.17, 15) is 0 Å². The Hall–Kier alpha value is -1.02. The van der Waals surface area contributed by atoms with E-state index in [1.807, 2.05) is 24.3 Å². The Morgan fingerprint density at radius 1 is 1.50 bits per heavy atom. The average molecular weight is 162 g/mol. The molecule has 0 bridgehead atoms. The summed E-state index contributed by atoms with van der Waals surface area (Å²) in [5, 5.41) is 12.4. The van der Waals surface area contributed by atoms with Gasteiger partial charge in [-0.3, -0.25) is 0 Å². The zero-order chi connectivity index (χ0) is 8.39. The van der Waals surface area contributed by atoms with E-state index in [-0.39, 0.29) is 6.10 Å². The number of aliphatic hydroxyl groups is 1. The molecular formula is C10H12NO.